The van der Waals surface area contributed by atoms with Gasteiger partial charge in [-0.3, -0.25) is 4.79 Å². The predicted octanol–water partition coefficient (Wildman–Crippen LogP) is 4.24. The Bertz CT molecular complexity index is 914. The van der Waals surface area contributed by atoms with E-state index in [-0.39, 0.29) is 12.3 Å². The van der Waals surface area contributed by atoms with Crippen LogP contribution in [-0.4, -0.2) is 38.2 Å². The molecule has 0 atom stereocenters. The van der Waals surface area contributed by atoms with Crippen molar-refractivity contribution in [1.82, 2.24) is 5.43 Å². The number of carbonyl (C=O) groups excluding carboxylic acids is 1. The molecule has 0 unspecified atom stereocenters. The normalized spacial score (nSPS) is 15.3. The van der Waals surface area contributed by atoms with Crippen molar-refractivity contribution in [2.45, 2.75) is 25.7 Å². The minimum Gasteiger partial charge on any atom is -0.493 e. The van der Waals surface area contributed by atoms with Crippen molar-refractivity contribution in [2.75, 3.05) is 20.3 Å². The molecule has 1 amide bonds. The molecule has 0 aromatic heterocycles. The summed E-state index contributed by atoms with van der Waals surface area (Å²) >= 11 is 5.61. The van der Waals surface area contributed by atoms with Gasteiger partial charge in [-0.05, 0) is 64.9 Å². The summed E-state index contributed by atoms with van der Waals surface area (Å²) in [6.07, 6.45) is 1.63. The Labute approximate surface area is 197 Å². The molecule has 1 heterocycles. The van der Waals surface area contributed by atoms with Crippen molar-refractivity contribution in [3.8, 4) is 11.5 Å². The summed E-state index contributed by atoms with van der Waals surface area (Å²) in [7, 11) is 1.59. The first-order chi connectivity index (χ1) is 14.4. The molecule has 1 saturated heterocycles. The van der Waals surface area contributed by atoms with E-state index in [9.17, 15) is 4.79 Å². The summed E-state index contributed by atoms with van der Waals surface area (Å²) in [6.45, 7) is 3.14. The van der Waals surface area contributed by atoms with E-state index in [1.807, 2.05) is 30.3 Å². The van der Waals surface area contributed by atoms with Crippen LogP contribution in [-0.2, 0) is 20.9 Å². The van der Waals surface area contributed by atoms with Gasteiger partial charge in [-0.1, -0.05) is 28.1 Å². The molecule has 2 aromatic rings. The molecule has 2 aromatic carbocycles. The Balaban J connectivity index is 1.61. The molecule has 0 spiro atoms. The number of hydrogen-bond donors (Lipinski definition) is 1. The summed E-state index contributed by atoms with van der Waals surface area (Å²) in [5, 5.41) is 4.02. The highest BCUT2D eigenvalue weighted by Gasteiger charge is 2.33. The second kappa shape index (κ2) is 10.6. The van der Waals surface area contributed by atoms with Crippen LogP contribution in [0.15, 0.2) is 46.0 Å². The Hall–Kier alpha value is -1.69. The standard InChI is InChI=1S/C21H22BrIN2O5/c1-21(29-7-8-30-21)11-19(26)25-24-12-15-9-17(23)20(18(10-15)27-2)28-13-14-3-5-16(22)6-4-14/h3-6,9-10,12H,7-8,11,13H2,1-2H3,(H,25,26)/b24-12-. The fourth-order valence-corrected chi connectivity index (χ4v) is 3.90. The van der Waals surface area contributed by atoms with Crippen molar-refractivity contribution in [2.24, 2.45) is 5.10 Å². The maximum atomic E-state index is 12.0. The maximum Gasteiger partial charge on any atom is 0.245 e. The van der Waals surface area contributed by atoms with E-state index in [2.05, 4.69) is 49.0 Å². The van der Waals surface area contributed by atoms with Gasteiger partial charge in [0, 0.05) is 4.47 Å². The molecule has 9 heteroatoms. The van der Waals surface area contributed by atoms with Crippen LogP contribution in [0.3, 0.4) is 0 Å². The zero-order valence-corrected chi connectivity index (χ0v) is 20.4. The lowest BCUT2D eigenvalue weighted by molar-refractivity contribution is -0.159. The Morgan fingerprint density at radius 3 is 2.67 bits per heavy atom. The zero-order chi connectivity index (χ0) is 21.6. The van der Waals surface area contributed by atoms with Gasteiger partial charge in [-0.15, -0.1) is 0 Å². The molecule has 0 bridgehead atoms. The van der Waals surface area contributed by atoms with Crippen LogP contribution in [0.2, 0.25) is 0 Å². The summed E-state index contributed by atoms with van der Waals surface area (Å²) in [5.41, 5.74) is 4.32. The zero-order valence-electron chi connectivity index (χ0n) is 16.6. The first kappa shape index (κ1) is 23.0. The van der Waals surface area contributed by atoms with E-state index in [0.717, 1.165) is 19.2 Å². The molecule has 1 fully saturated rings. The average molecular weight is 589 g/mol. The highest BCUT2D eigenvalue weighted by atomic mass is 127. The summed E-state index contributed by atoms with van der Waals surface area (Å²) < 4.78 is 24.2. The lowest BCUT2D eigenvalue weighted by atomic mass is 10.2. The fraction of sp³-hybridized carbons (Fsp3) is 0.333. The number of hydrazone groups is 1. The number of nitrogens with one attached hydrogen (secondary N) is 1. The molecular weight excluding hydrogens is 567 g/mol. The Morgan fingerprint density at radius 2 is 2.00 bits per heavy atom. The monoisotopic (exact) mass is 588 g/mol. The third kappa shape index (κ3) is 6.40. The number of amides is 1. The van der Waals surface area contributed by atoms with Crippen molar-refractivity contribution in [3.05, 3.63) is 55.6 Å². The number of ether oxygens (including phenoxy) is 4. The topological polar surface area (TPSA) is 78.4 Å². The first-order valence-corrected chi connectivity index (χ1v) is 11.1. The molecule has 0 aliphatic carbocycles. The lowest BCUT2D eigenvalue weighted by Crippen LogP contribution is -2.33. The third-order valence-corrected chi connectivity index (χ3v) is 5.66. The number of methoxy groups -OCH3 is 1. The van der Waals surface area contributed by atoms with E-state index in [1.165, 1.54) is 0 Å². The number of hydrogen-bond acceptors (Lipinski definition) is 6. The van der Waals surface area contributed by atoms with Crippen molar-refractivity contribution in [1.29, 1.82) is 0 Å². The van der Waals surface area contributed by atoms with Gasteiger partial charge < -0.3 is 18.9 Å². The van der Waals surface area contributed by atoms with Gasteiger partial charge in [0.05, 0.1) is 36.5 Å². The van der Waals surface area contributed by atoms with E-state index in [1.54, 1.807) is 26.3 Å². The van der Waals surface area contributed by atoms with Gasteiger partial charge in [0.2, 0.25) is 5.91 Å². The molecule has 1 aliphatic heterocycles. The van der Waals surface area contributed by atoms with Crippen molar-refractivity contribution >= 4 is 50.6 Å². The van der Waals surface area contributed by atoms with Crippen LogP contribution in [0.25, 0.3) is 0 Å². The summed E-state index contributed by atoms with van der Waals surface area (Å²) in [5.74, 6) is 0.0796. The number of rotatable bonds is 8. The van der Waals surface area contributed by atoms with E-state index in [4.69, 9.17) is 18.9 Å². The largest absolute Gasteiger partial charge is 0.493 e. The van der Waals surface area contributed by atoms with Crippen LogP contribution >= 0.6 is 38.5 Å². The Morgan fingerprint density at radius 1 is 1.30 bits per heavy atom. The van der Waals surface area contributed by atoms with E-state index < -0.39 is 5.79 Å². The van der Waals surface area contributed by atoms with Crippen LogP contribution < -0.4 is 14.9 Å². The molecule has 0 radical (unpaired) electrons. The minimum absolute atomic E-state index is 0.0774. The molecule has 1 aliphatic rings. The van der Waals surface area contributed by atoms with E-state index in [0.29, 0.717) is 31.3 Å². The van der Waals surface area contributed by atoms with Gasteiger partial charge >= 0.3 is 0 Å². The van der Waals surface area contributed by atoms with Crippen LogP contribution in [0.5, 0.6) is 11.5 Å². The molecule has 1 N–H and O–H groups in total. The van der Waals surface area contributed by atoms with Crippen LogP contribution in [0, 0.1) is 3.57 Å². The molecule has 160 valence electrons. The number of benzene rings is 2. The number of nitrogens with zero attached hydrogens (tertiary/aromatic N) is 1. The van der Waals surface area contributed by atoms with Crippen molar-refractivity contribution < 1.29 is 23.7 Å². The van der Waals surface area contributed by atoms with E-state index >= 15 is 0 Å². The van der Waals surface area contributed by atoms with Gasteiger partial charge in [-0.25, -0.2) is 5.43 Å². The Kier molecular flexibility index (Phi) is 8.09. The first-order valence-electron chi connectivity index (χ1n) is 9.23. The fourth-order valence-electron chi connectivity index (χ4n) is 2.86. The number of halogens is 2. The van der Waals surface area contributed by atoms with Crippen LogP contribution in [0.4, 0.5) is 0 Å². The SMILES string of the molecule is COc1cc(/C=N\NC(=O)CC2(C)OCCO2)cc(I)c1OCc1ccc(Br)cc1. The molecule has 3 rings (SSSR count). The summed E-state index contributed by atoms with van der Waals surface area (Å²) in [4.78, 5) is 12.0. The second-order valence-electron chi connectivity index (χ2n) is 6.75. The summed E-state index contributed by atoms with van der Waals surface area (Å²) in [6, 6.07) is 11.6. The van der Waals surface area contributed by atoms with Crippen LogP contribution in [0.1, 0.15) is 24.5 Å². The lowest BCUT2D eigenvalue weighted by Gasteiger charge is -2.20. The molecule has 30 heavy (non-hydrogen) atoms. The van der Waals surface area contributed by atoms with Crippen molar-refractivity contribution in [3.63, 3.8) is 0 Å². The van der Waals surface area contributed by atoms with Gasteiger partial charge in [-0.2, -0.15) is 5.10 Å². The molecular formula is C21H22BrIN2O5. The maximum absolute atomic E-state index is 12.0. The number of carbonyl (C=O) groups is 1. The average Bonchev–Trinajstić information content (AvgIpc) is 3.13. The van der Waals surface area contributed by atoms with Gasteiger partial charge in [0.15, 0.2) is 17.3 Å². The quantitative estimate of drug-likeness (QED) is 0.283. The smallest absolute Gasteiger partial charge is 0.245 e. The predicted molar refractivity (Wildman–Crippen MR) is 125 cm³/mol. The molecule has 7 nitrogen and oxygen atoms in total. The minimum atomic E-state index is -0.883. The highest BCUT2D eigenvalue weighted by molar-refractivity contribution is 14.1. The second-order valence-corrected chi connectivity index (χ2v) is 8.83. The highest BCUT2D eigenvalue weighted by Crippen LogP contribution is 2.34. The van der Waals surface area contributed by atoms with Gasteiger partial charge in [0.1, 0.15) is 6.61 Å². The third-order valence-electron chi connectivity index (χ3n) is 4.33. The molecule has 0 saturated carbocycles. The van der Waals surface area contributed by atoms with Gasteiger partial charge in [0.25, 0.3) is 0 Å².